The molecule has 22 heavy (non-hydrogen) atoms. The van der Waals surface area contributed by atoms with E-state index in [9.17, 15) is 13.2 Å². The van der Waals surface area contributed by atoms with Gasteiger partial charge < -0.3 is 4.52 Å². The van der Waals surface area contributed by atoms with Crippen LogP contribution in [-0.2, 0) is 16.4 Å². The highest BCUT2D eigenvalue weighted by atomic mass is 32.2. The lowest BCUT2D eigenvalue weighted by Crippen LogP contribution is -2.16. The molecule has 0 bridgehead atoms. The third-order valence-electron chi connectivity index (χ3n) is 2.94. The van der Waals surface area contributed by atoms with Crippen LogP contribution in [0.4, 0.5) is 5.82 Å². The normalized spacial score (nSPS) is 11.7. The molecule has 10 heteroatoms. The first-order valence-corrected chi connectivity index (χ1v) is 7.81. The van der Waals surface area contributed by atoms with Gasteiger partial charge in [0, 0.05) is 6.07 Å². The molecule has 0 aliphatic heterocycles. The minimum absolute atomic E-state index is 0.000676. The van der Waals surface area contributed by atoms with Gasteiger partial charge in [-0.25, -0.2) is 18.5 Å². The Bertz CT molecular complexity index is 972. The van der Waals surface area contributed by atoms with Gasteiger partial charge in [0.05, 0.1) is 17.3 Å². The van der Waals surface area contributed by atoms with Crippen LogP contribution in [-0.4, -0.2) is 28.8 Å². The first kappa shape index (κ1) is 14.2. The third-order valence-corrected chi connectivity index (χ3v) is 4.26. The van der Waals surface area contributed by atoms with Crippen LogP contribution >= 0.6 is 0 Å². The summed E-state index contributed by atoms with van der Waals surface area (Å²) in [4.78, 5) is 14.8. The average molecular weight is 321 g/mol. The molecular formula is C12H11N5O4S. The molecule has 0 aliphatic rings. The van der Waals surface area contributed by atoms with Crippen molar-refractivity contribution in [1.82, 2.24) is 20.3 Å². The van der Waals surface area contributed by atoms with Crippen LogP contribution in [0.5, 0.6) is 0 Å². The van der Waals surface area contributed by atoms with Gasteiger partial charge in [-0.05, 0) is 18.6 Å². The first-order chi connectivity index (χ1) is 10.5. The van der Waals surface area contributed by atoms with Gasteiger partial charge in [0.1, 0.15) is 4.90 Å². The van der Waals surface area contributed by atoms with E-state index in [1.165, 1.54) is 24.4 Å². The number of hydrogen-bond acceptors (Lipinski definition) is 7. The zero-order valence-corrected chi connectivity index (χ0v) is 12.2. The lowest BCUT2D eigenvalue weighted by molar-refractivity contribution is 0.439. The fourth-order valence-corrected chi connectivity index (χ4v) is 2.83. The predicted molar refractivity (Wildman–Crippen MR) is 76.8 cm³/mol. The van der Waals surface area contributed by atoms with E-state index < -0.39 is 15.6 Å². The van der Waals surface area contributed by atoms with E-state index in [0.29, 0.717) is 17.5 Å². The van der Waals surface area contributed by atoms with E-state index in [0.717, 1.165) is 0 Å². The third kappa shape index (κ3) is 2.55. The number of anilines is 1. The van der Waals surface area contributed by atoms with Crippen LogP contribution in [0.25, 0.3) is 11.1 Å². The zero-order valence-electron chi connectivity index (χ0n) is 11.4. The fourth-order valence-electron chi connectivity index (χ4n) is 1.86. The van der Waals surface area contributed by atoms with E-state index in [4.69, 9.17) is 4.52 Å². The molecule has 0 aliphatic carbocycles. The van der Waals surface area contributed by atoms with Gasteiger partial charge in [-0.2, -0.15) is 5.10 Å². The number of aromatic nitrogens is 4. The van der Waals surface area contributed by atoms with E-state index in [2.05, 4.69) is 25.1 Å². The minimum atomic E-state index is -3.89. The number of sulfonamides is 1. The number of H-pyrrole nitrogens is 1. The number of pyridine rings is 1. The second-order valence-corrected chi connectivity index (χ2v) is 6.10. The molecule has 9 nitrogen and oxygen atoms in total. The lowest BCUT2D eigenvalue weighted by atomic mass is 10.2. The van der Waals surface area contributed by atoms with E-state index >= 15 is 0 Å². The quantitative estimate of drug-likeness (QED) is 0.722. The molecule has 114 valence electrons. The molecule has 3 aromatic rings. The Balaban J connectivity index is 2.01. The average Bonchev–Trinajstić information content (AvgIpc) is 2.91. The van der Waals surface area contributed by atoms with Gasteiger partial charge >= 0.3 is 0 Å². The van der Waals surface area contributed by atoms with E-state index in [1.807, 2.05) is 6.92 Å². The molecular weight excluding hydrogens is 310 g/mol. The van der Waals surface area contributed by atoms with Crippen LogP contribution in [0.3, 0.4) is 0 Å². The Hall–Kier alpha value is -2.75. The van der Waals surface area contributed by atoms with Gasteiger partial charge in [0.2, 0.25) is 0 Å². The van der Waals surface area contributed by atoms with Gasteiger partial charge in [0.25, 0.3) is 21.3 Å². The molecule has 0 saturated carbocycles. The summed E-state index contributed by atoms with van der Waals surface area (Å²) >= 11 is 0. The second-order valence-electron chi connectivity index (χ2n) is 4.42. The molecule has 2 N–H and O–H groups in total. The number of aryl methyl sites for hydroxylation is 1. The smallest absolute Gasteiger partial charge is 0.264 e. The Morgan fingerprint density at radius 1 is 1.36 bits per heavy atom. The van der Waals surface area contributed by atoms with Crippen molar-refractivity contribution in [2.45, 2.75) is 18.2 Å². The van der Waals surface area contributed by atoms with Crippen molar-refractivity contribution in [2.75, 3.05) is 4.72 Å². The molecule has 3 rings (SSSR count). The molecule has 0 atom stereocenters. The zero-order chi connectivity index (χ0) is 15.7. The number of hydrogen-bond donors (Lipinski definition) is 2. The summed E-state index contributed by atoms with van der Waals surface area (Å²) in [6.07, 6.45) is 1.76. The van der Waals surface area contributed by atoms with Gasteiger partial charge in [0.15, 0.2) is 5.82 Å². The molecule has 3 heterocycles. The minimum Gasteiger partial charge on any atom is -0.336 e. The van der Waals surface area contributed by atoms with Crippen LogP contribution in [0.15, 0.2) is 38.6 Å². The second kappa shape index (κ2) is 5.22. The topological polar surface area (TPSA) is 131 Å². The molecule has 0 radical (unpaired) electrons. The summed E-state index contributed by atoms with van der Waals surface area (Å²) < 4.78 is 31.9. The molecule has 0 amide bonds. The molecule has 0 unspecified atom stereocenters. The standard InChI is InChI=1S/C12H11N5O4S/c1-2-9-8-5-7(6-13-12(8)21-16-9)22(19,20)17-10-3-4-11(18)15-14-10/h3-6H,2H2,1H3,(H,14,17)(H,15,18). The Morgan fingerprint density at radius 3 is 2.86 bits per heavy atom. The number of rotatable bonds is 4. The van der Waals surface area contributed by atoms with Crippen molar-refractivity contribution < 1.29 is 12.9 Å². The summed E-state index contributed by atoms with van der Waals surface area (Å²) in [6.45, 7) is 1.88. The Kier molecular flexibility index (Phi) is 3.37. The van der Waals surface area contributed by atoms with Crippen LogP contribution in [0, 0.1) is 0 Å². The number of fused-ring (bicyclic) bond motifs is 1. The maximum atomic E-state index is 12.3. The molecule has 0 saturated heterocycles. The molecule has 0 aromatic carbocycles. The summed E-state index contributed by atoms with van der Waals surface area (Å²) in [5, 5.41) is 10.1. The lowest BCUT2D eigenvalue weighted by Gasteiger charge is -2.06. The van der Waals surface area contributed by atoms with Crippen molar-refractivity contribution in [2.24, 2.45) is 0 Å². The summed E-state index contributed by atoms with van der Waals surface area (Å²) in [5.41, 5.74) is 0.475. The monoisotopic (exact) mass is 321 g/mol. The predicted octanol–water partition coefficient (Wildman–Crippen LogP) is 0.669. The molecule has 3 aromatic heterocycles. The van der Waals surface area contributed by atoms with E-state index in [-0.39, 0.29) is 16.4 Å². The Labute approximate surface area is 124 Å². The summed E-state index contributed by atoms with van der Waals surface area (Å²) in [6, 6.07) is 3.87. The van der Waals surface area contributed by atoms with Crippen LogP contribution in [0.1, 0.15) is 12.6 Å². The van der Waals surface area contributed by atoms with Gasteiger partial charge in [-0.3, -0.25) is 9.52 Å². The largest absolute Gasteiger partial charge is 0.336 e. The molecule has 0 fully saturated rings. The van der Waals surface area contributed by atoms with Crippen molar-refractivity contribution in [3.8, 4) is 0 Å². The SMILES string of the molecule is CCc1noc2ncc(S(=O)(=O)Nc3ccc(=O)[nH]n3)cc12. The van der Waals surface area contributed by atoms with E-state index in [1.54, 1.807) is 0 Å². The van der Waals surface area contributed by atoms with Crippen molar-refractivity contribution >= 4 is 26.9 Å². The van der Waals surface area contributed by atoms with Crippen molar-refractivity contribution in [3.63, 3.8) is 0 Å². The first-order valence-electron chi connectivity index (χ1n) is 6.32. The highest BCUT2D eigenvalue weighted by Crippen LogP contribution is 2.21. The Morgan fingerprint density at radius 2 is 2.18 bits per heavy atom. The van der Waals surface area contributed by atoms with Crippen LogP contribution in [0.2, 0.25) is 0 Å². The summed E-state index contributed by atoms with van der Waals surface area (Å²) in [7, 11) is -3.89. The maximum absolute atomic E-state index is 12.3. The maximum Gasteiger partial charge on any atom is 0.264 e. The molecule has 0 spiro atoms. The van der Waals surface area contributed by atoms with Crippen LogP contribution < -0.4 is 10.3 Å². The number of nitrogens with one attached hydrogen (secondary N) is 2. The number of aromatic amines is 1. The van der Waals surface area contributed by atoms with Crippen molar-refractivity contribution in [3.05, 3.63) is 40.4 Å². The van der Waals surface area contributed by atoms with Crippen molar-refractivity contribution in [1.29, 1.82) is 0 Å². The fraction of sp³-hybridized carbons (Fsp3) is 0.167. The van der Waals surface area contributed by atoms with Gasteiger partial charge in [-0.15, -0.1) is 0 Å². The number of nitrogens with zero attached hydrogens (tertiary/aromatic N) is 3. The summed E-state index contributed by atoms with van der Waals surface area (Å²) in [5.74, 6) is 0.000676. The van der Waals surface area contributed by atoms with Gasteiger partial charge in [-0.1, -0.05) is 12.1 Å². The highest BCUT2D eigenvalue weighted by Gasteiger charge is 2.18. The highest BCUT2D eigenvalue weighted by molar-refractivity contribution is 7.92.